The van der Waals surface area contributed by atoms with Gasteiger partial charge in [-0.3, -0.25) is 14.4 Å². The van der Waals surface area contributed by atoms with Gasteiger partial charge in [0.2, 0.25) is 17.7 Å². The normalized spacial score (nSPS) is 13.0. The third-order valence-electron chi connectivity index (χ3n) is 5.98. The van der Waals surface area contributed by atoms with E-state index in [-0.39, 0.29) is 37.1 Å². The van der Waals surface area contributed by atoms with Gasteiger partial charge in [-0.15, -0.1) is 0 Å². The van der Waals surface area contributed by atoms with Crippen molar-refractivity contribution in [2.24, 2.45) is 0 Å². The summed E-state index contributed by atoms with van der Waals surface area (Å²) < 4.78 is 6.07. The van der Waals surface area contributed by atoms with Crippen molar-refractivity contribution in [3.63, 3.8) is 0 Å². The van der Waals surface area contributed by atoms with E-state index >= 15 is 0 Å². The molecule has 0 fully saturated rings. The van der Waals surface area contributed by atoms with E-state index in [4.69, 9.17) is 4.42 Å². The monoisotopic (exact) mass is 447 g/mol. The van der Waals surface area contributed by atoms with Gasteiger partial charge in [0.05, 0.1) is 11.4 Å². The van der Waals surface area contributed by atoms with Crippen LogP contribution in [0.25, 0.3) is 11.0 Å². The molecule has 0 aliphatic carbocycles. The van der Waals surface area contributed by atoms with Gasteiger partial charge in [-0.1, -0.05) is 43.7 Å². The number of benzene rings is 2. The zero-order valence-corrected chi connectivity index (χ0v) is 19.1. The standard InChI is InChI=1S/C26H29N3O4/c1-3-4-12-23-19(18-9-5-8-13-22(18)33-23)16-28(2)25(31)14-15-26(32)29-17-24(30)27-20-10-6-7-11-21(20)29/h5-11,13H,3-4,12,14-17H2,1-2H3,(H,27,30). The Morgan fingerprint density at radius 2 is 1.85 bits per heavy atom. The van der Waals surface area contributed by atoms with Gasteiger partial charge in [-0.25, -0.2) is 0 Å². The summed E-state index contributed by atoms with van der Waals surface area (Å²) >= 11 is 0. The van der Waals surface area contributed by atoms with Crippen LogP contribution in [0.2, 0.25) is 0 Å². The van der Waals surface area contributed by atoms with Gasteiger partial charge in [0.15, 0.2) is 0 Å². The van der Waals surface area contributed by atoms with Crippen LogP contribution in [0.3, 0.4) is 0 Å². The molecule has 1 aromatic heterocycles. The fraction of sp³-hybridized carbons (Fsp3) is 0.346. The first kappa shape index (κ1) is 22.6. The lowest BCUT2D eigenvalue weighted by molar-refractivity contribution is -0.132. The number of nitrogens with zero attached hydrogens (tertiary/aromatic N) is 2. The molecule has 1 aliphatic rings. The first-order valence-electron chi connectivity index (χ1n) is 11.4. The molecule has 3 aromatic rings. The van der Waals surface area contributed by atoms with E-state index in [0.717, 1.165) is 41.6 Å². The summed E-state index contributed by atoms with van der Waals surface area (Å²) in [5.74, 6) is 0.322. The van der Waals surface area contributed by atoms with Crippen LogP contribution in [0.1, 0.15) is 43.9 Å². The lowest BCUT2D eigenvalue weighted by atomic mass is 10.1. The Morgan fingerprint density at radius 3 is 2.67 bits per heavy atom. The van der Waals surface area contributed by atoms with Crippen LogP contribution in [0.4, 0.5) is 11.4 Å². The zero-order chi connectivity index (χ0) is 23.4. The average molecular weight is 448 g/mol. The molecule has 2 aromatic carbocycles. The zero-order valence-electron chi connectivity index (χ0n) is 19.1. The highest BCUT2D eigenvalue weighted by molar-refractivity contribution is 6.10. The molecule has 33 heavy (non-hydrogen) atoms. The van der Waals surface area contributed by atoms with Crippen molar-refractivity contribution >= 4 is 40.1 Å². The molecular formula is C26H29N3O4. The topological polar surface area (TPSA) is 82.9 Å². The first-order valence-corrected chi connectivity index (χ1v) is 11.4. The molecule has 0 atom stereocenters. The van der Waals surface area contributed by atoms with Crippen molar-refractivity contribution in [3.05, 3.63) is 59.9 Å². The van der Waals surface area contributed by atoms with E-state index in [1.807, 2.05) is 30.3 Å². The van der Waals surface area contributed by atoms with Crippen LogP contribution in [0.5, 0.6) is 0 Å². The van der Waals surface area contributed by atoms with E-state index in [1.165, 1.54) is 4.90 Å². The Hall–Kier alpha value is -3.61. The van der Waals surface area contributed by atoms with Crippen molar-refractivity contribution < 1.29 is 18.8 Å². The average Bonchev–Trinajstić information content (AvgIpc) is 3.17. The molecule has 4 rings (SSSR count). The fourth-order valence-electron chi connectivity index (χ4n) is 4.18. The Balaban J connectivity index is 1.42. The summed E-state index contributed by atoms with van der Waals surface area (Å²) in [6, 6.07) is 15.1. The molecular weight excluding hydrogens is 418 g/mol. The lowest BCUT2D eigenvalue weighted by Crippen LogP contribution is -2.42. The number of furan rings is 1. The smallest absolute Gasteiger partial charge is 0.244 e. The van der Waals surface area contributed by atoms with Crippen LogP contribution in [-0.2, 0) is 27.3 Å². The fourth-order valence-corrected chi connectivity index (χ4v) is 4.18. The molecule has 1 aliphatic heterocycles. The van der Waals surface area contributed by atoms with Crippen LogP contribution in [0.15, 0.2) is 52.9 Å². The number of anilines is 2. The molecule has 7 nitrogen and oxygen atoms in total. The van der Waals surface area contributed by atoms with Crippen molar-refractivity contribution in [1.82, 2.24) is 4.90 Å². The quantitative estimate of drug-likeness (QED) is 0.551. The number of hydrogen-bond acceptors (Lipinski definition) is 4. The third kappa shape index (κ3) is 4.92. The van der Waals surface area contributed by atoms with E-state index < -0.39 is 0 Å². The molecule has 7 heteroatoms. The third-order valence-corrected chi connectivity index (χ3v) is 5.98. The molecule has 0 saturated heterocycles. The number of para-hydroxylation sites is 3. The maximum absolute atomic E-state index is 12.9. The maximum Gasteiger partial charge on any atom is 0.244 e. The summed E-state index contributed by atoms with van der Waals surface area (Å²) in [5, 5.41) is 3.79. The summed E-state index contributed by atoms with van der Waals surface area (Å²) in [4.78, 5) is 40.8. The lowest BCUT2D eigenvalue weighted by Gasteiger charge is -2.29. The van der Waals surface area contributed by atoms with Crippen LogP contribution < -0.4 is 10.2 Å². The van der Waals surface area contributed by atoms with Gasteiger partial charge in [0.1, 0.15) is 17.9 Å². The summed E-state index contributed by atoms with van der Waals surface area (Å²) in [6.07, 6.45) is 3.03. The molecule has 3 amide bonds. The Kier molecular flexibility index (Phi) is 6.77. The van der Waals surface area contributed by atoms with Gasteiger partial charge >= 0.3 is 0 Å². The predicted molar refractivity (Wildman–Crippen MR) is 128 cm³/mol. The van der Waals surface area contributed by atoms with Gasteiger partial charge in [0, 0.05) is 43.8 Å². The van der Waals surface area contributed by atoms with Crippen molar-refractivity contribution in [1.29, 1.82) is 0 Å². The number of hydrogen-bond donors (Lipinski definition) is 1. The number of nitrogens with one attached hydrogen (secondary N) is 1. The number of carbonyl (C=O) groups excluding carboxylic acids is 3. The number of rotatable bonds is 8. The second-order valence-corrected chi connectivity index (χ2v) is 8.40. The number of aryl methyl sites for hydroxylation is 1. The van der Waals surface area contributed by atoms with Gasteiger partial charge < -0.3 is 19.5 Å². The number of amides is 3. The number of unbranched alkanes of at least 4 members (excludes halogenated alkanes) is 1. The minimum Gasteiger partial charge on any atom is -0.461 e. The van der Waals surface area contributed by atoms with Crippen LogP contribution >= 0.6 is 0 Å². The van der Waals surface area contributed by atoms with Crippen molar-refractivity contribution in [2.45, 2.75) is 45.6 Å². The van der Waals surface area contributed by atoms with Gasteiger partial charge in [-0.2, -0.15) is 0 Å². The van der Waals surface area contributed by atoms with Gasteiger partial charge in [-0.05, 0) is 24.6 Å². The Labute approximate surface area is 193 Å². The first-order chi connectivity index (χ1) is 16.0. The molecule has 1 N–H and O–H groups in total. The molecule has 0 unspecified atom stereocenters. The van der Waals surface area contributed by atoms with Crippen molar-refractivity contribution in [3.8, 4) is 0 Å². The molecule has 0 radical (unpaired) electrons. The molecule has 0 bridgehead atoms. The Morgan fingerprint density at radius 1 is 1.09 bits per heavy atom. The van der Waals surface area contributed by atoms with Crippen LogP contribution in [0, 0.1) is 0 Å². The second kappa shape index (κ2) is 9.90. The molecule has 0 saturated carbocycles. The number of fused-ring (bicyclic) bond motifs is 2. The molecule has 2 heterocycles. The largest absolute Gasteiger partial charge is 0.461 e. The second-order valence-electron chi connectivity index (χ2n) is 8.40. The maximum atomic E-state index is 12.9. The molecule has 172 valence electrons. The van der Waals surface area contributed by atoms with E-state index in [1.54, 1.807) is 30.1 Å². The summed E-state index contributed by atoms with van der Waals surface area (Å²) in [7, 11) is 1.75. The molecule has 0 spiro atoms. The Bertz CT molecular complexity index is 1180. The minimum absolute atomic E-state index is 0.0400. The highest BCUT2D eigenvalue weighted by Crippen LogP contribution is 2.30. The van der Waals surface area contributed by atoms with E-state index in [0.29, 0.717) is 17.9 Å². The van der Waals surface area contributed by atoms with Crippen molar-refractivity contribution in [2.75, 3.05) is 23.8 Å². The predicted octanol–water partition coefficient (Wildman–Crippen LogP) is 4.50. The van der Waals surface area contributed by atoms with E-state index in [9.17, 15) is 14.4 Å². The highest BCUT2D eigenvalue weighted by Gasteiger charge is 2.27. The summed E-state index contributed by atoms with van der Waals surface area (Å²) in [5.41, 5.74) is 3.13. The van der Waals surface area contributed by atoms with Crippen LogP contribution in [-0.4, -0.2) is 36.2 Å². The SMILES string of the molecule is CCCCc1oc2ccccc2c1CN(C)C(=O)CCC(=O)N1CC(=O)Nc2ccccc21. The highest BCUT2D eigenvalue weighted by atomic mass is 16.3. The summed E-state index contributed by atoms with van der Waals surface area (Å²) in [6.45, 7) is 2.53. The van der Waals surface area contributed by atoms with Gasteiger partial charge in [0.25, 0.3) is 0 Å². The number of carbonyl (C=O) groups is 3. The van der Waals surface area contributed by atoms with E-state index in [2.05, 4.69) is 12.2 Å². The minimum atomic E-state index is -0.239.